The lowest BCUT2D eigenvalue weighted by Crippen LogP contribution is -2.16. The molecule has 0 aliphatic rings. The molecule has 1 unspecified atom stereocenters. The van der Waals surface area contributed by atoms with Crippen LogP contribution in [-0.4, -0.2) is 27.4 Å². The third kappa shape index (κ3) is 2.33. The highest BCUT2D eigenvalue weighted by Crippen LogP contribution is 2.25. The Bertz CT molecular complexity index is 337. The number of aromatic nitrogens is 2. The summed E-state index contributed by atoms with van der Waals surface area (Å²) in [4.78, 5) is 10.6. The monoisotopic (exact) mass is 261 g/mol. The van der Waals surface area contributed by atoms with Gasteiger partial charge in [0, 0.05) is 18.5 Å². The predicted molar refractivity (Wildman–Crippen MR) is 55.0 cm³/mol. The van der Waals surface area contributed by atoms with Gasteiger partial charge in [-0.05, 0) is 22.5 Å². The topological polar surface area (TPSA) is 81.1 Å². The maximum Gasteiger partial charge on any atom is 0.304 e. The molecule has 0 bridgehead atoms. The molecular weight excluding hydrogens is 250 g/mol. The second-order valence-corrected chi connectivity index (χ2v) is 3.80. The van der Waals surface area contributed by atoms with E-state index in [1.807, 2.05) is 0 Å². The van der Waals surface area contributed by atoms with Crippen LogP contribution in [0.25, 0.3) is 0 Å². The van der Waals surface area contributed by atoms with Gasteiger partial charge in [0.05, 0.1) is 12.6 Å². The van der Waals surface area contributed by atoms with E-state index in [1.54, 1.807) is 17.9 Å². The Balaban J connectivity index is 2.89. The van der Waals surface area contributed by atoms with Crippen LogP contribution < -0.4 is 5.73 Å². The van der Waals surface area contributed by atoms with Gasteiger partial charge in [0.1, 0.15) is 4.60 Å². The molecule has 0 saturated heterocycles. The Kier molecular flexibility index (Phi) is 3.65. The smallest absolute Gasteiger partial charge is 0.304 e. The second kappa shape index (κ2) is 4.56. The fourth-order valence-electron chi connectivity index (χ4n) is 1.24. The van der Waals surface area contributed by atoms with Crippen LogP contribution in [0.15, 0.2) is 10.8 Å². The average Bonchev–Trinajstić information content (AvgIpc) is 2.44. The standard InChI is InChI=1S/C8H12BrN3O2/c1-12-8(9)6(4-11-12)5(3-10)2-7(13)14/h4-5H,2-3,10H2,1H3,(H,13,14). The first-order valence-electron chi connectivity index (χ1n) is 4.15. The lowest BCUT2D eigenvalue weighted by Gasteiger charge is -2.10. The molecule has 0 spiro atoms. The quantitative estimate of drug-likeness (QED) is 0.836. The van der Waals surface area contributed by atoms with Crippen LogP contribution in [0.4, 0.5) is 0 Å². The molecule has 3 N–H and O–H groups in total. The fraction of sp³-hybridized carbons (Fsp3) is 0.500. The van der Waals surface area contributed by atoms with Crippen molar-refractivity contribution in [2.75, 3.05) is 6.54 Å². The number of halogens is 1. The van der Waals surface area contributed by atoms with Crippen LogP contribution in [0.1, 0.15) is 17.9 Å². The molecular formula is C8H12BrN3O2. The van der Waals surface area contributed by atoms with E-state index in [0.29, 0.717) is 6.54 Å². The van der Waals surface area contributed by atoms with E-state index < -0.39 is 5.97 Å². The predicted octanol–water partition coefficient (Wildman–Crippen LogP) is 0.700. The van der Waals surface area contributed by atoms with Crippen molar-refractivity contribution in [2.24, 2.45) is 12.8 Å². The molecule has 1 aromatic heterocycles. The van der Waals surface area contributed by atoms with Crippen LogP contribution in [0.5, 0.6) is 0 Å². The molecule has 0 aliphatic carbocycles. The average molecular weight is 262 g/mol. The summed E-state index contributed by atoms with van der Waals surface area (Å²) in [5.41, 5.74) is 6.35. The number of aryl methyl sites for hydroxylation is 1. The largest absolute Gasteiger partial charge is 0.481 e. The molecule has 1 heterocycles. The molecule has 0 radical (unpaired) electrons. The van der Waals surface area contributed by atoms with Gasteiger partial charge in [-0.2, -0.15) is 5.10 Å². The van der Waals surface area contributed by atoms with E-state index in [-0.39, 0.29) is 12.3 Å². The van der Waals surface area contributed by atoms with Gasteiger partial charge >= 0.3 is 5.97 Å². The van der Waals surface area contributed by atoms with E-state index in [4.69, 9.17) is 10.8 Å². The minimum absolute atomic E-state index is 0.0286. The van der Waals surface area contributed by atoms with Crippen LogP contribution >= 0.6 is 15.9 Å². The van der Waals surface area contributed by atoms with Crippen LogP contribution in [0.2, 0.25) is 0 Å². The van der Waals surface area contributed by atoms with Gasteiger partial charge < -0.3 is 10.8 Å². The molecule has 14 heavy (non-hydrogen) atoms. The number of hydrogen-bond donors (Lipinski definition) is 2. The molecule has 78 valence electrons. The summed E-state index contributed by atoms with van der Waals surface area (Å²) in [6.07, 6.45) is 1.67. The van der Waals surface area contributed by atoms with E-state index in [2.05, 4.69) is 21.0 Å². The van der Waals surface area contributed by atoms with Crippen molar-refractivity contribution in [1.82, 2.24) is 9.78 Å². The van der Waals surface area contributed by atoms with E-state index in [9.17, 15) is 4.79 Å². The Labute approximate surface area is 90.0 Å². The van der Waals surface area contributed by atoms with Crippen molar-refractivity contribution in [1.29, 1.82) is 0 Å². The third-order valence-corrected chi connectivity index (χ3v) is 3.01. The maximum absolute atomic E-state index is 10.6. The molecule has 0 fully saturated rings. The summed E-state index contributed by atoms with van der Waals surface area (Å²) in [5, 5.41) is 12.7. The third-order valence-electron chi connectivity index (χ3n) is 2.04. The van der Waals surface area contributed by atoms with Crippen LogP contribution in [0.3, 0.4) is 0 Å². The first-order chi connectivity index (χ1) is 6.56. The SMILES string of the molecule is Cn1ncc(C(CN)CC(=O)O)c1Br. The van der Waals surface area contributed by atoms with Crippen molar-refractivity contribution in [2.45, 2.75) is 12.3 Å². The summed E-state index contributed by atoms with van der Waals surface area (Å²) >= 11 is 3.33. The number of carboxylic acids is 1. The van der Waals surface area contributed by atoms with Crippen LogP contribution in [-0.2, 0) is 11.8 Å². The molecule has 6 heteroatoms. The number of nitrogens with two attached hydrogens (primary N) is 1. The van der Waals surface area contributed by atoms with Gasteiger partial charge in [-0.15, -0.1) is 0 Å². The number of carboxylic acid groups (broad SMARTS) is 1. The van der Waals surface area contributed by atoms with E-state index >= 15 is 0 Å². The summed E-state index contributed by atoms with van der Waals surface area (Å²) in [5.74, 6) is -1.04. The Morgan fingerprint density at radius 1 is 1.86 bits per heavy atom. The Hall–Kier alpha value is -0.880. The summed E-state index contributed by atoms with van der Waals surface area (Å²) in [6.45, 7) is 0.302. The summed E-state index contributed by atoms with van der Waals surface area (Å²) in [7, 11) is 1.78. The highest BCUT2D eigenvalue weighted by Gasteiger charge is 2.18. The lowest BCUT2D eigenvalue weighted by atomic mass is 9.99. The number of hydrogen-bond acceptors (Lipinski definition) is 3. The Morgan fingerprint density at radius 3 is 2.86 bits per heavy atom. The summed E-state index contributed by atoms with van der Waals surface area (Å²) in [6, 6.07) is 0. The summed E-state index contributed by atoms with van der Waals surface area (Å²) < 4.78 is 2.43. The number of aliphatic carboxylic acids is 1. The highest BCUT2D eigenvalue weighted by molar-refractivity contribution is 9.10. The molecule has 1 atom stereocenters. The minimum Gasteiger partial charge on any atom is -0.481 e. The zero-order valence-electron chi connectivity index (χ0n) is 7.77. The van der Waals surface area contributed by atoms with Gasteiger partial charge in [0.2, 0.25) is 0 Å². The highest BCUT2D eigenvalue weighted by atomic mass is 79.9. The van der Waals surface area contributed by atoms with Crippen molar-refractivity contribution in [3.05, 3.63) is 16.4 Å². The fourth-order valence-corrected chi connectivity index (χ4v) is 1.76. The normalized spacial score (nSPS) is 12.8. The van der Waals surface area contributed by atoms with Gasteiger partial charge in [-0.1, -0.05) is 0 Å². The van der Waals surface area contributed by atoms with Crippen molar-refractivity contribution in [3.8, 4) is 0 Å². The molecule has 0 aromatic carbocycles. The molecule has 0 saturated carbocycles. The van der Waals surface area contributed by atoms with E-state index in [1.165, 1.54) is 0 Å². The van der Waals surface area contributed by atoms with Crippen molar-refractivity contribution in [3.63, 3.8) is 0 Å². The van der Waals surface area contributed by atoms with Gasteiger partial charge in [-0.25, -0.2) is 0 Å². The first-order valence-corrected chi connectivity index (χ1v) is 4.94. The molecule has 0 amide bonds. The van der Waals surface area contributed by atoms with E-state index in [0.717, 1.165) is 10.2 Å². The lowest BCUT2D eigenvalue weighted by molar-refractivity contribution is -0.137. The molecule has 1 rings (SSSR count). The number of carbonyl (C=O) groups is 1. The first kappa shape index (κ1) is 11.2. The zero-order chi connectivity index (χ0) is 10.7. The Morgan fingerprint density at radius 2 is 2.50 bits per heavy atom. The molecule has 5 nitrogen and oxygen atoms in total. The number of nitrogens with zero attached hydrogens (tertiary/aromatic N) is 2. The number of rotatable bonds is 4. The second-order valence-electron chi connectivity index (χ2n) is 3.04. The van der Waals surface area contributed by atoms with Crippen molar-refractivity contribution >= 4 is 21.9 Å². The van der Waals surface area contributed by atoms with Crippen LogP contribution in [0, 0.1) is 0 Å². The molecule has 0 aliphatic heterocycles. The maximum atomic E-state index is 10.6. The van der Waals surface area contributed by atoms with Gasteiger partial charge in [-0.3, -0.25) is 9.48 Å². The van der Waals surface area contributed by atoms with Crippen molar-refractivity contribution < 1.29 is 9.90 Å². The zero-order valence-corrected chi connectivity index (χ0v) is 9.36. The van der Waals surface area contributed by atoms with Gasteiger partial charge in [0.25, 0.3) is 0 Å². The molecule has 1 aromatic rings. The minimum atomic E-state index is -0.851. The van der Waals surface area contributed by atoms with Gasteiger partial charge in [0.15, 0.2) is 0 Å².